The van der Waals surface area contributed by atoms with Crippen LogP contribution >= 0.6 is 0 Å². The van der Waals surface area contributed by atoms with Crippen molar-refractivity contribution in [2.45, 2.75) is 40.5 Å². The Morgan fingerprint density at radius 1 is 1.08 bits per heavy atom. The van der Waals surface area contributed by atoms with Gasteiger partial charge in [-0.1, -0.05) is 13.8 Å². The van der Waals surface area contributed by atoms with E-state index in [9.17, 15) is 4.79 Å². The molecule has 1 saturated heterocycles. The SMILES string of the molecule is CCCN(CCC)c1nc(OCCN2CCOCC2)cc(C(=O)N(C)c2ccc3c(c2)c(C)c(C)n3C)n1. The summed E-state index contributed by atoms with van der Waals surface area (Å²) in [5.74, 6) is 0.783. The van der Waals surface area contributed by atoms with Crippen LogP contribution in [0.25, 0.3) is 10.9 Å². The van der Waals surface area contributed by atoms with Gasteiger partial charge in [-0.15, -0.1) is 0 Å². The van der Waals surface area contributed by atoms with E-state index >= 15 is 0 Å². The molecule has 0 atom stereocenters. The lowest BCUT2D eigenvalue weighted by Gasteiger charge is -2.26. The monoisotopic (exact) mass is 522 g/mol. The van der Waals surface area contributed by atoms with Crippen molar-refractivity contribution in [1.29, 1.82) is 0 Å². The molecule has 206 valence electrons. The second-order valence-corrected chi connectivity index (χ2v) is 10.0. The predicted molar refractivity (Wildman–Crippen MR) is 153 cm³/mol. The topological polar surface area (TPSA) is 76.0 Å². The van der Waals surface area contributed by atoms with Gasteiger partial charge in [-0.25, -0.2) is 4.98 Å². The maximum Gasteiger partial charge on any atom is 0.276 e. The summed E-state index contributed by atoms with van der Waals surface area (Å²) in [7, 11) is 3.87. The normalized spacial score (nSPS) is 14.2. The highest BCUT2D eigenvalue weighted by Gasteiger charge is 2.21. The molecule has 3 heterocycles. The number of carbonyl (C=O) groups is 1. The lowest BCUT2D eigenvalue weighted by Crippen LogP contribution is -2.38. The molecule has 0 unspecified atom stereocenters. The summed E-state index contributed by atoms with van der Waals surface area (Å²) in [4.78, 5) is 29.3. The number of aromatic nitrogens is 3. The molecule has 0 radical (unpaired) electrons. The van der Waals surface area contributed by atoms with Crippen LogP contribution in [0.15, 0.2) is 24.3 Å². The minimum Gasteiger partial charge on any atom is -0.476 e. The Bertz CT molecular complexity index is 1240. The summed E-state index contributed by atoms with van der Waals surface area (Å²) in [5.41, 5.74) is 4.75. The molecule has 3 aromatic rings. The van der Waals surface area contributed by atoms with E-state index in [1.54, 1.807) is 18.0 Å². The number of aryl methyl sites for hydroxylation is 2. The molecule has 1 fully saturated rings. The number of nitrogens with zero attached hydrogens (tertiary/aromatic N) is 6. The number of morpholine rings is 1. The molecule has 4 rings (SSSR count). The summed E-state index contributed by atoms with van der Waals surface area (Å²) in [5, 5.41) is 1.15. The van der Waals surface area contributed by atoms with E-state index in [1.807, 2.05) is 6.07 Å². The number of fused-ring (bicyclic) bond motifs is 1. The number of rotatable bonds is 11. The molecule has 0 saturated carbocycles. The quantitative estimate of drug-likeness (QED) is 0.374. The van der Waals surface area contributed by atoms with Gasteiger partial charge < -0.3 is 23.8 Å². The van der Waals surface area contributed by atoms with Crippen molar-refractivity contribution < 1.29 is 14.3 Å². The number of benzene rings is 1. The van der Waals surface area contributed by atoms with E-state index in [-0.39, 0.29) is 5.91 Å². The van der Waals surface area contributed by atoms with Crippen LogP contribution in [0.3, 0.4) is 0 Å². The van der Waals surface area contributed by atoms with Crippen LogP contribution in [0.5, 0.6) is 5.88 Å². The summed E-state index contributed by atoms with van der Waals surface area (Å²) in [6, 6.07) is 7.82. The molecule has 1 aliphatic heterocycles. The lowest BCUT2D eigenvalue weighted by atomic mass is 10.1. The molecule has 9 heteroatoms. The van der Waals surface area contributed by atoms with Gasteiger partial charge in [0.15, 0.2) is 0 Å². The number of carbonyl (C=O) groups excluding carboxylic acids is 1. The number of hydrogen-bond donors (Lipinski definition) is 0. The molecule has 0 spiro atoms. The third kappa shape index (κ3) is 6.10. The molecule has 38 heavy (non-hydrogen) atoms. The number of hydrogen-bond acceptors (Lipinski definition) is 7. The van der Waals surface area contributed by atoms with Gasteiger partial charge in [0, 0.05) is 75.2 Å². The summed E-state index contributed by atoms with van der Waals surface area (Å²) in [6.07, 6.45) is 1.93. The first-order valence-electron chi connectivity index (χ1n) is 13.7. The molecule has 1 aliphatic rings. The standard InChI is InChI=1S/C29H42N6O3/c1-7-11-35(12-8-2)29-30-25(20-27(31-29)38-18-15-34-13-16-37-17-14-34)28(36)33(6)23-9-10-26-24(19-23)21(3)22(4)32(26)5/h9-10,19-20H,7-8,11-18H2,1-6H3. The smallest absolute Gasteiger partial charge is 0.276 e. The van der Waals surface area contributed by atoms with Crippen LogP contribution in [0.2, 0.25) is 0 Å². The molecule has 0 aliphatic carbocycles. The number of ether oxygens (including phenoxy) is 2. The van der Waals surface area contributed by atoms with Crippen molar-refractivity contribution in [1.82, 2.24) is 19.4 Å². The Kier molecular flexibility index (Phi) is 9.22. The Labute approximate surface area is 226 Å². The fraction of sp³-hybridized carbons (Fsp3) is 0.552. The summed E-state index contributed by atoms with van der Waals surface area (Å²) < 4.78 is 13.7. The van der Waals surface area contributed by atoms with Crippen LogP contribution in [0.4, 0.5) is 11.6 Å². The maximum atomic E-state index is 13.7. The van der Waals surface area contributed by atoms with E-state index in [2.05, 4.69) is 61.2 Å². The van der Waals surface area contributed by atoms with Crippen molar-refractivity contribution in [3.63, 3.8) is 0 Å². The average Bonchev–Trinajstić information content (AvgIpc) is 3.15. The van der Waals surface area contributed by atoms with Crippen LogP contribution in [-0.4, -0.2) is 84.9 Å². The zero-order valence-corrected chi connectivity index (χ0v) is 23.8. The van der Waals surface area contributed by atoms with Crippen molar-refractivity contribution in [2.24, 2.45) is 7.05 Å². The highest BCUT2D eigenvalue weighted by molar-refractivity contribution is 6.06. The number of amides is 1. The van der Waals surface area contributed by atoms with Crippen LogP contribution in [0.1, 0.15) is 48.4 Å². The van der Waals surface area contributed by atoms with Crippen molar-refractivity contribution in [3.8, 4) is 5.88 Å². The fourth-order valence-corrected chi connectivity index (χ4v) is 4.94. The van der Waals surface area contributed by atoms with Gasteiger partial charge in [0.25, 0.3) is 5.91 Å². The van der Waals surface area contributed by atoms with Crippen molar-refractivity contribution >= 4 is 28.4 Å². The van der Waals surface area contributed by atoms with Gasteiger partial charge in [-0.05, 0) is 50.5 Å². The van der Waals surface area contributed by atoms with E-state index in [1.165, 1.54) is 11.3 Å². The van der Waals surface area contributed by atoms with Crippen molar-refractivity contribution in [2.75, 3.05) is 69.4 Å². The molecule has 1 amide bonds. The highest BCUT2D eigenvalue weighted by Crippen LogP contribution is 2.29. The zero-order valence-electron chi connectivity index (χ0n) is 23.8. The minimum atomic E-state index is -0.190. The van der Waals surface area contributed by atoms with Gasteiger partial charge in [-0.2, -0.15) is 4.98 Å². The average molecular weight is 523 g/mol. The first kappa shape index (κ1) is 27.9. The Hall–Kier alpha value is -3.17. The van der Waals surface area contributed by atoms with Gasteiger partial charge in [0.05, 0.1) is 13.2 Å². The van der Waals surface area contributed by atoms with Gasteiger partial charge >= 0.3 is 0 Å². The maximum absolute atomic E-state index is 13.7. The third-order valence-corrected chi connectivity index (χ3v) is 7.42. The predicted octanol–water partition coefficient (Wildman–Crippen LogP) is 4.20. The minimum absolute atomic E-state index is 0.190. The van der Waals surface area contributed by atoms with E-state index in [0.29, 0.717) is 24.1 Å². The summed E-state index contributed by atoms with van der Waals surface area (Å²) in [6.45, 7) is 14.7. The molecule has 1 aromatic carbocycles. The fourth-order valence-electron chi connectivity index (χ4n) is 4.94. The lowest BCUT2D eigenvalue weighted by molar-refractivity contribution is 0.0320. The Morgan fingerprint density at radius 2 is 1.79 bits per heavy atom. The Balaban J connectivity index is 1.61. The highest BCUT2D eigenvalue weighted by atomic mass is 16.5. The van der Waals surface area contributed by atoms with E-state index < -0.39 is 0 Å². The third-order valence-electron chi connectivity index (χ3n) is 7.42. The molecule has 0 N–H and O–H groups in total. The van der Waals surface area contributed by atoms with E-state index in [4.69, 9.17) is 19.4 Å². The van der Waals surface area contributed by atoms with Gasteiger partial charge in [-0.3, -0.25) is 9.69 Å². The number of anilines is 2. The summed E-state index contributed by atoms with van der Waals surface area (Å²) >= 11 is 0. The Morgan fingerprint density at radius 3 is 2.47 bits per heavy atom. The van der Waals surface area contributed by atoms with Crippen LogP contribution < -0.4 is 14.5 Å². The molecular weight excluding hydrogens is 480 g/mol. The van der Waals surface area contributed by atoms with Gasteiger partial charge in [0.2, 0.25) is 11.8 Å². The van der Waals surface area contributed by atoms with Gasteiger partial charge in [0.1, 0.15) is 12.3 Å². The second-order valence-electron chi connectivity index (χ2n) is 10.0. The molecule has 9 nitrogen and oxygen atoms in total. The van der Waals surface area contributed by atoms with Crippen molar-refractivity contribution in [3.05, 3.63) is 41.2 Å². The molecule has 0 bridgehead atoms. The largest absolute Gasteiger partial charge is 0.476 e. The first-order valence-corrected chi connectivity index (χ1v) is 13.7. The van der Waals surface area contributed by atoms with Crippen LogP contribution in [0, 0.1) is 13.8 Å². The van der Waals surface area contributed by atoms with E-state index in [0.717, 1.165) is 75.4 Å². The zero-order chi connectivity index (χ0) is 27.2. The second kappa shape index (κ2) is 12.6. The molecule has 2 aromatic heterocycles. The molecular formula is C29H42N6O3. The first-order chi connectivity index (χ1) is 18.3. The van der Waals surface area contributed by atoms with Crippen LogP contribution in [-0.2, 0) is 11.8 Å².